The zero-order valence-electron chi connectivity index (χ0n) is 17.0. The minimum absolute atomic E-state index is 0.0369. The van der Waals surface area contributed by atoms with Gasteiger partial charge in [-0.3, -0.25) is 14.6 Å². The minimum Gasteiger partial charge on any atom is -0.379 e. The van der Waals surface area contributed by atoms with Gasteiger partial charge in [-0.2, -0.15) is 18.4 Å². The predicted octanol–water partition coefficient (Wildman–Crippen LogP) is 3.59. The summed E-state index contributed by atoms with van der Waals surface area (Å²) in [5.74, 6) is -0.593. The Hall–Kier alpha value is -3.58. The van der Waals surface area contributed by atoms with Crippen molar-refractivity contribution < 1.29 is 27.5 Å². The van der Waals surface area contributed by atoms with Crippen LogP contribution >= 0.6 is 0 Å². The van der Waals surface area contributed by atoms with E-state index in [2.05, 4.69) is 0 Å². The third kappa shape index (κ3) is 3.54. The van der Waals surface area contributed by atoms with Crippen molar-refractivity contribution in [1.82, 2.24) is 0 Å². The number of aryl methyl sites for hydroxylation is 1. The Morgan fingerprint density at radius 1 is 1.16 bits per heavy atom. The fourth-order valence-corrected chi connectivity index (χ4v) is 4.35. The van der Waals surface area contributed by atoms with Crippen LogP contribution in [0.4, 0.5) is 29.3 Å². The molecule has 0 bridgehead atoms. The van der Waals surface area contributed by atoms with Crippen molar-refractivity contribution in [2.24, 2.45) is 5.73 Å². The largest absolute Gasteiger partial charge is 0.417 e. The number of alkyl halides is 3. The van der Waals surface area contributed by atoms with E-state index in [0.717, 1.165) is 12.1 Å². The summed E-state index contributed by atoms with van der Waals surface area (Å²) >= 11 is 0. The first-order valence-corrected chi connectivity index (χ1v) is 9.85. The lowest BCUT2D eigenvalue weighted by Gasteiger charge is -2.32. The van der Waals surface area contributed by atoms with E-state index >= 15 is 0 Å². The predicted molar refractivity (Wildman–Crippen MR) is 109 cm³/mol. The van der Waals surface area contributed by atoms with Gasteiger partial charge in [-0.15, -0.1) is 0 Å². The lowest BCUT2D eigenvalue weighted by atomic mass is 10.0. The maximum atomic E-state index is 13.5. The average Bonchev–Trinajstić information content (AvgIpc) is 3.04. The Morgan fingerprint density at radius 2 is 1.81 bits per heavy atom. The molecule has 2 fully saturated rings. The number of rotatable bonds is 3. The molecule has 2 aromatic carbocycles. The van der Waals surface area contributed by atoms with E-state index in [9.17, 15) is 22.8 Å². The summed E-state index contributed by atoms with van der Waals surface area (Å²) in [6.45, 7) is 2.25. The fraction of sp³-hybridized carbons (Fsp3) is 0.318. The third-order valence-corrected chi connectivity index (χ3v) is 5.83. The normalized spacial score (nSPS) is 20.8. The molecule has 10 heteroatoms. The van der Waals surface area contributed by atoms with Gasteiger partial charge in [-0.1, -0.05) is 0 Å². The first-order chi connectivity index (χ1) is 15.1. The van der Waals surface area contributed by atoms with Crippen LogP contribution in [0.2, 0.25) is 0 Å². The number of carbonyl (C=O) groups is 2. The van der Waals surface area contributed by atoms with Crippen molar-refractivity contribution in [1.29, 1.82) is 5.26 Å². The highest BCUT2D eigenvalue weighted by Crippen LogP contribution is 2.40. The zero-order chi connectivity index (χ0) is 23.2. The minimum atomic E-state index is -4.74. The van der Waals surface area contributed by atoms with Gasteiger partial charge in [0.1, 0.15) is 0 Å². The van der Waals surface area contributed by atoms with Gasteiger partial charge < -0.3 is 10.5 Å². The van der Waals surface area contributed by atoms with E-state index in [0.29, 0.717) is 29.8 Å². The molecule has 32 heavy (non-hydrogen) atoms. The molecule has 0 saturated carbocycles. The molecule has 3 amide bonds. The maximum absolute atomic E-state index is 13.5. The standard InChI is InChI=1S/C22H19F3N4O3/c1-12-8-14(4-5-16(12)20(27)30)28-18-6-7-32-11-19(18)29(21(28)31)15-3-2-13(10-26)17(9-15)22(23,24)25/h2-5,8-9,18-19H,6-7,11H2,1H3,(H2,27,30)/t18-,19-/m1/s1. The molecule has 2 aromatic rings. The molecule has 2 aliphatic rings. The smallest absolute Gasteiger partial charge is 0.379 e. The molecule has 2 atom stereocenters. The van der Waals surface area contributed by atoms with E-state index in [1.54, 1.807) is 25.1 Å². The fourth-order valence-electron chi connectivity index (χ4n) is 4.35. The number of fused-ring (bicyclic) bond motifs is 1. The summed E-state index contributed by atoms with van der Waals surface area (Å²) in [5, 5.41) is 9.06. The second-order valence-electron chi connectivity index (χ2n) is 7.72. The number of carbonyl (C=O) groups excluding carboxylic acids is 2. The van der Waals surface area contributed by atoms with Crippen LogP contribution in [0.3, 0.4) is 0 Å². The summed E-state index contributed by atoms with van der Waals surface area (Å²) in [7, 11) is 0. The van der Waals surface area contributed by atoms with Crippen LogP contribution in [-0.2, 0) is 10.9 Å². The first kappa shape index (κ1) is 21.6. The van der Waals surface area contributed by atoms with Crippen LogP contribution < -0.4 is 15.5 Å². The number of nitrogens with two attached hydrogens (primary N) is 1. The lowest BCUT2D eigenvalue weighted by Crippen LogP contribution is -2.45. The van der Waals surface area contributed by atoms with E-state index in [1.807, 2.05) is 0 Å². The van der Waals surface area contributed by atoms with Crippen molar-refractivity contribution in [3.63, 3.8) is 0 Å². The van der Waals surface area contributed by atoms with E-state index in [-0.39, 0.29) is 18.3 Å². The van der Waals surface area contributed by atoms with Gasteiger partial charge in [0.2, 0.25) is 5.91 Å². The van der Waals surface area contributed by atoms with Gasteiger partial charge in [-0.25, -0.2) is 4.79 Å². The molecule has 7 nitrogen and oxygen atoms in total. The molecular weight excluding hydrogens is 425 g/mol. The molecule has 0 unspecified atom stereocenters. The number of ether oxygens (including phenoxy) is 1. The van der Waals surface area contributed by atoms with Crippen molar-refractivity contribution in [2.45, 2.75) is 31.6 Å². The highest BCUT2D eigenvalue weighted by molar-refractivity contribution is 6.08. The van der Waals surface area contributed by atoms with Gasteiger partial charge >= 0.3 is 12.2 Å². The Balaban J connectivity index is 1.79. The number of nitrogens with zero attached hydrogens (tertiary/aromatic N) is 3. The molecule has 2 saturated heterocycles. The van der Waals surface area contributed by atoms with Gasteiger partial charge in [0.15, 0.2) is 0 Å². The molecule has 0 spiro atoms. The van der Waals surface area contributed by atoms with Crippen LogP contribution in [0.5, 0.6) is 0 Å². The Kier molecular flexibility index (Phi) is 5.30. The van der Waals surface area contributed by atoms with Crippen molar-refractivity contribution in [3.8, 4) is 6.07 Å². The number of anilines is 2. The van der Waals surface area contributed by atoms with Crippen molar-refractivity contribution in [3.05, 3.63) is 58.7 Å². The number of nitriles is 1. The van der Waals surface area contributed by atoms with E-state index < -0.39 is 35.3 Å². The van der Waals surface area contributed by atoms with Gasteiger partial charge in [0.25, 0.3) is 0 Å². The molecule has 2 aliphatic heterocycles. The monoisotopic (exact) mass is 444 g/mol. The Morgan fingerprint density at radius 3 is 2.44 bits per heavy atom. The van der Waals surface area contributed by atoms with Gasteiger partial charge in [-0.05, 0) is 55.3 Å². The first-order valence-electron chi connectivity index (χ1n) is 9.85. The number of hydrogen-bond acceptors (Lipinski definition) is 4. The summed E-state index contributed by atoms with van der Waals surface area (Å²) in [4.78, 5) is 27.8. The van der Waals surface area contributed by atoms with Crippen molar-refractivity contribution >= 4 is 23.3 Å². The highest BCUT2D eigenvalue weighted by atomic mass is 19.4. The number of primary amides is 1. The molecule has 0 aromatic heterocycles. The van der Waals surface area contributed by atoms with Crippen molar-refractivity contribution in [2.75, 3.05) is 23.0 Å². The molecule has 0 aliphatic carbocycles. The Bertz CT molecular complexity index is 1140. The van der Waals surface area contributed by atoms with Crippen LogP contribution in [0.1, 0.15) is 33.5 Å². The molecule has 166 valence electrons. The maximum Gasteiger partial charge on any atom is 0.417 e. The van der Waals surface area contributed by atoms with E-state index in [1.165, 1.54) is 21.9 Å². The van der Waals surface area contributed by atoms with Crippen LogP contribution in [0.15, 0.2) is 36.4 Å². The SMILES string of the molecule is Cc1cc(N2C(=O)N(c3ccc(C#N)c(C(F)(F)F)c3)[C@@H]3COCC[C@H]32)ccc1C(N)=O. The van der Waals surface area contributed by atoms with Gasteiger partial charge in [0.05, 0.1) is 35.9 Å². The van der Waals surface area contributed by atoms with Crippen LogP contribution in [0.25, 0.3) is 0 Å². The molecule has 4 rings (SSSR count). The Labute approximate surface area is 181 Å². The van der Waals surface area contributed by atoms with Crippen LogP contribution in [0, 0.1) is 18.3 Å². The van der Waals surface area contributed by atoms with Crippen LogP contribution in [-0.4, -0.2) is 37.2 Å². The third-order valence-electron chi connectivity index (χ3n) is 5.83. The molecule has 0 radical (unpaired) electrons. The lowest BCUT2D eigenvalue weighted by molar-refractivity contribution is -0.137. The summed E-state index contributed by atoms with van der Waals surface area (Å²) < 4.78 is 46.0. The second-order valence-corrected chi connectivity index (χ2v) is 7.72. The quantitative estimate of drug-likeness (QED) is 0.782. The number of amides is 3. The molecular formula is C22H19F3N4O3. The highest BCUT2D eigenvalue weighted by Gasteiger charge is 2.49. The van der Waals surface area contributed by atoms with Gasteiger partial charge in [0, 0.05) is 23.5 Å². The second kappa shape index (κ2) is 7.84. The average molecular weight is 444 g/mol. The summed E-state index contributed by atoms with van der Waals surface area (Å²) in [6.07, 6.45) is -4.25. The number of halogens is 3. The number of urea groups is 1. The molecule has 2 N–H and O–H groups in total. The topological polar surface area (TPSA) is 99.7 Å². The number of benzene rings is 2. The summed E-state index contributed by atoms with van der Waals surface area (Å²) in [6, 6.07) is 8.21. The molecule has 2 heterocycles. The number of hydrogen-bond donors (Lipinski definition) is 1. The van der Waals surface area contributed by atoms with E-state index in [4.69, 9.17) is 15.7 Å². The zero-order valence-corrected chi connectivity index (χ0v) is 17.0. The summed E-state index contributed by atoms with van der Waals surface area (Å²) in [5.41, 5.74) is 5.21.